The monoisotopic (exact) mass is 248 g/mol. The maximum absolute atomic E-state index is 11.2. The molecule has 1 aromatic rings. The maximum atomic E-state index is 11.2. The third-order valence-corrected chi connectivity index (χ3v) is 2.71. The molecule has 1 rings (SSSR count). The summed E-state index contributed by atoms with van der Waals surface area (Å²) < 4.78 is 4.91. The number of nitrogens with one attached hydrogen (secondary N) is 1. The Bertz CT molecular complexity index is 317. The van der Waals surface area contributed by atoms with E-state index < -0.39 is 6.09 Å². The van der Waals surface area contributed by atoms with E-state index in [1.54, 1.807) is 5.38 Å². The largest absolute Gasteiger partial charge is 0.449 e. The molecule has 1 aromatic heterocycles. The molecule has 15 heavy (non-hydrogen) atoms. The minimum atomic E-state index is -0.459. The van der Waals surface area contributed by atoms with Gasteiger partial charge < -0.3 is 4.74 Å². The van der Waals surface area contributed by atoms with Gasteiger partial charge >= 0.3 is 6.09 Å². The Hall–Kier alpha value is -0.810. The molecule has 0 fully saturated rings. The molecule has 1 amide bonds. The van der Waals surface area contributed by atoms with E-state index in [9.17, 15) is 4.79 Å². The van der Waals surface area contributed by atoms with Crippen LogP contribution < -0.4 is 5.32 Å². The number of hydrogen-bond donors (Lipinski definition) is 1. The van der Waals surface area contributed by atoms with Gasteiger partial charge in [0.2, 0.25) is 0 Å². The molecule has 1 N–H and O–H groups in total. The van der Waals surface area contributed by atoms with Gasteiger partial charge in [-0.25, -0.2) is 9.78 Å². The average molecular weight is 249 g/mol. The lowest BCUT2D eigenvalue weighted by atomic mass is 10.4. The van der Waals surface area contributed by atoms with E-state index in [2.05, 4.69) is 10.3 Å². The van der Waals surface area contributed by atoms with Gasteiger partial charge in [-0.3, -0.25) is 5.32 Å². The summed E-state index contributed by atoms with van der Waals surface area (Å²) in [6, 6.07) is 0. The summed E-state index contributed by atoms with van der Waals surface area (Å²) >= 11 is 6.91. The average Bonchev–Trinajstić information content (AvgIpc) is 2.66. The van der Waals surface area contributed by atoms with Crippen LogP contribution in [0.2, 0.25) is 0 Å². The minimum absolute atomic E-state index is 0.350. The van der Waals surface area contributed by atoms with Crippen molar-refractivity contribution in [3.8, 4) is 0 Å². The highest BCUT2D eigenvalue weighted by Gasteiger charge is 2.06. The number of aromatic nitrogens is 1. The Morgan fingerprint density at radius 2 is 2.53 bits per heavy atom. The molecule has 4 nitrogen and oxygen atoms in total. The molecule has 0 saturated heterocycles. The smallest absolute Gasteiger partial charge is 0.413 e. The molecule has 0 unspecified atom stereocenters. The zero-order valence-electron chi connectivity index (χ0n) is 8.46. The van der Waals surface area contributed by atoms with E-state index in [4.69, 9.17) is 16.3 Å². The Morgan fingerprint density at radius 1 is 1.73 bits per heavy atom. The number of hydrogen-bond acceptors (Lipinski definition) is 4. The number of carbonyl (C=O) groups excluding carboxylic acids is 1. The van der Waals surface area contributed by atoms with Crippen LogP contribution in [0.5, 0.6) is 0 Å². The van der Waals surface area contributed by atoms with Crippen LogP contribution in [-0.2, 0) is 10.6 Å². The summed E-state index contributed by atoms with van der Waals surface area (Å²) in [5.41, 5.74) is 0.755. The molecule has 0 aliphatic carbocycles. The molecule has 0 spiro atoms. The zero-order chi connectivity index (χ0) is 11.1. The highest BCUT2D eigenvalue weighted by molar-refractivity contribution is 7.13. The number of nitrogens with zero attached hydrogens (tertiary/aromatic N) is 1. The Kier molecular flexibility index (Phi) is 5.42. The van der Waals surface area contributed by atoms with E-state index in [-0.39, 0.29) is 0 Å². The highest BCUT2D eigenvalue weighted by Crippen LogP contribution is 2.16. The number of halogens is 1. The molecule has 0 aliphatic rings. The number of carbonyl (C=O) groups is 1. The molecule has 0 radical (unpaired) electrons. The van der Waals surface area contributed by atoms with Crippen LogP contribution in [0.25, 0.3) is 0 Å². The first kappa shape index (κ1) is 12.3. The van der Waals surface area contributed by atoms with E-state index in [0.717, 1.165) is 18.5 Å². The summed E-state index contributed by atoms with van der Waals surface area (Å²) in [6.07, 6.45) is 1.41. The van der Waals surface area contributed by atoms with Crippen LogP contribution in [0, 0.1) is 0 Å². The molecule has 1 heterocycles. The molecule has 6 heteroatoms. The van der Waals surface area contributed by atoms with Crippen molar-refractivity contribution in [2.45, 2.75) is 25.6 Å². The van der Waals surface area contributed by atoms with Crippen LogP contribution >= 0.6 is 22.9 Å². The predicted octanol–water partition coefficient (Wildman–Crippen LogP) is 3.23. The fourth-order valence-electron chi connectivity index (χ4n) is 0.858. The first-order chi connectivity index (χ1) is 7.26. The predicted molar refractivity (Wildman–Crippen MR) is 61.5 cm³/mol. The van der Waals surface area contributed by atoms with Gasteiger partial charge in [-0.05, 0) is 6.42 Å². The maximum Gasteiger partial charge on any atom is 0.413 e. The number of anilines is 1. The zero-order valence-corrected chi connectivity index (χ0v) is 10.0. The van der Waals surface area contributed by atoms with Crippen molar-refractivity contribution in [3.63, 3.8) is 0 Å². The summed E-state index contributed by atoms with van der Waals surface area (Å²) in [5.74, 6) is 0.350. The lowest BCUT2D eigenvalue weighted by Crippen LogP contribution is -2.14. The van der Waals surface area contributed by atoms with Crippen LogP contribution in [0.15, 0.2) is 5.38 Å². The van der Waals surface area contributed by atoms with E-state index in [1.165, 1.54) is 11.3 Å². The van der Waals surface area contributed by atoms with Gasteiger partial charge in [0.05, 0.1) is 18.2 Å². The van der Waals surface area contributed by atoms with Crippen molar-refractivity contribution < 1.29 is 9.53 Å². The lowest BCUT2D eigenvalue weighted by Gasteiger charge is -2.02. The first-order valence-electron chi connectivity index (χ1n) is 4.70. The summed E-state index contributed by atoms with van der Waals surface area (Å²) in [6.45, 7) is 2.48. The van der Waals surface area contributed by atoms with Gasteiger partial charge in [-0.2, -0.15) is 0 Å². The van der Waals surface area contributed by atoms with Gasteiger partial charge in [0.25, 0.3) is 0 Å². The second kappa shape index (κ2) is 6.63. The number of unbranched alkanes of at least 4 members (excludes halogenated alkanes) is 1. The van der Waals surface area contributed by atoms with Crippen molar-refractivity contribution in [3.05, 3.63) is 11.1 Å². The normalized spacial score (nSPS) is 10.0. The summed E-state index contributed by atoms with van der Waals surface area (Å²) in [5, 5.41) is 4.86. The lowest BCUT2D eigenvalue weighted by molar-refractivity contribution is 0.160. The van der Waals surface area contributed by atoms with Crippen LogP contribution in [0.4, 0.5) is 9.93 Å². The third-order valence-electron chi connectivity index (χ3n) is 1.63. The number of alkyl halides is 1. The minimum Gasteiger partial charge on any atom is -0.449 e. The molecular weight excluding hydrogens is 236 g/mol. The number of amides is 1. The number of ether oxygens (including phenoxy) is 1. The number of thiazole rings is 1. The molecular formula is C9H13ClN2O2S. The van der Waals surface area contributed by atoms with Gasteiger partial charge in [-0.15, -0.1) is 22.9 Å². The van der Waals surface area contributed by atoms with Gasteiger partial charge in [0.15, 0.2) is 5.13 Å². The van der Waals surface area contributed by atoms with Crippen molar-refractivity contribution >= 4 is 34.2 Å². The van der Waals surface area contributed by atoms with Crippen molar-refractivity contribution in [1.82, 2.24) is 4.98 Å². The molecule has 84 valence electrons. The number of rotatable bonds is 5. The van der Waals surface area contributed by atoms with Crippen molar-refractivity contribution in [2.24, 2.45) is 0 Å². The van der Waals surface area contributed by atoms with Crippen LogP contribution in [0.1, 0.15) is 25.5 Å². The summed E-state index contributed by atoms with van der Waals surface area (Å²) in [7, 11) is 0. The van der Waals surface area contributed by atoms with E-state index >= 15 is 0 Å². The first-order valence-corrected chi connectivity index (χ1v) is 6.11. The molecule has 0 aromatic carbocycles. The fraction of sp³-hybridized carbons (Fsp3) is 0.556. The van der Waals surface area contributed by atoms with Crippen LogP contribution in [-0.4, -0.2) is 17.7 Å². The molecule has 0 atom stereocenters. The topological polar surface area (TPSA) is 51.2 Å². The summed E-state index contributed by atoms with van der Waals surface area (Å²) in [4.78, 5) is 15.3. The third kappa shape index (κ3) is 4.48. The molecule has 0 saturated carbocycles. The van der Waals surface area contributed by atoms with Crippen molar-refractivity contribution in [2.75, 3.05) is 11.9 Å². The highest BCUT2D eigenvalue weighted by atomic mass is 35.5. The van der Waals surface area contributed by atoms with E-state index in [0.29, 0.717) is 17.6 Å². The van der Waals surface area contributed by atoms with Gasteiger partial charge in [0.1, 0.15) is 0 Å². The Balaban J connectivity index is 2.31. The van der Waals surface area contributed by atoms with E-state index in [1.807, 2.05) is 6.92 Å². The van der Waals surface area contributed by atoms with Gasteiger partial charge in [0, 0.05) is 5.38 Å². The molecule has 0 bridgehead atoms. The Morgan fingerprint density at radius 3 is 3.13 bits per heavy atom. The second-order valence-corrected chi connectivity index (χ2v) is 4.02. The standard InChI is InChI=1S/C9H13ClN2O2S/c1-2-3-4-14-9(13)12-8-11-7(5-10)6-15-8/h6H,2-5H2,1H3,(H,11,12,13). The quantitative estimate of drug-likeness (QED) is 0.643. The fourth-order valence-corrected chi connectivity index (χ4v) is 1.78. The van der Waals surface area contributed by atoms with Crippen LogP contribution in [0.3, 0.4) is 0 Å². The second-order valence-electron chi connectivity index (χ2n) is 2.89. The van der Waals surface area contributed by atoms with Crippen molar-refractivity contribution in [1.29, 1.82) is 0 Å². The SMILES string of the molecule is CCCCOC(=O)Nc1nc(CCl)cs1. The molecule has 0 aliphatic heterocycles. The Labute approximate surface area is 97.6 Å². The van der Waals surface area contributed by atoms with Gasteiger partial charge in [-0.1, -0.05) is 13.3 Å².